The smallest absolute Gasteiger partial charge is 0.328 e. The number of carbonyl (C=O) groups is 1. The number of carboxylic acid groups (broad SMARTS) is 1. The summed E-state index contributed by atoms with van der Waals surface area (Å²) >= 11 is 6.15. The molecule has 0 aliphatic carbocycles. The molecule has 1 heterocycles. The molecule has 1 aliphatic rings. The predicted octanol–water partition coefficient (Wildman–Crippen LogP) is 2.99. The molecule has 0 aromatic heterocycles. The lowest BCUT2D eigenvalue weighted by atomic mass is 10.0. The maximum Gasteiger partial charge on any atom is 0.328 e. The number of hydrogen-bond donors (Lipinski definition) is 1. The van der Waals surface area contributed by atoms with Crippen molar-refractivity contribution in [2.75, 3.05) is 13.2 Å². The van der Waals surface area contributed by atoms with Crippen molar-refractivity contribution in [3.05, 3.63) is 28.8 Å². The van der Waals surface area contributed by atoms with E-state index in [1.165, 1.54) is 0 Å². The Kier molecular flexibility index (Phi) is 3.77. The first-order valence-corrected chi connectivity index (χ1v) is 6.02. The Balaban J connectivity index is 2.47. The van der Waals surface area contributed by atoms with Gasteiger partial charge in [-0.15, -0.1) is 0 Å². The summed E-state index contributed by atoms with van der Waals surface area (Å²) in [6.07, 6.45) is 1.74. The van der Waals surface area contributed by atoms with Crippen LogP contribution < -0.4 is 9.47 Å². The van der Waals surface area contributed by atoms with Crippen molar-refractivity contribution in [1.29, 1.82) is 0 Å². The van der Waals surface area contributed by atoms with Crippen LogP contribution in [0.3, 0.4) is 0 Å². The molecule has 0 atom stereocenters. The van der Waals surface area contributed by atoms with Crippen LogP contribution in [0.2, 0.25) is 5.02 Å². The van der Waals surface area contributed by atoms with E-state index in [2.05, 4.69) is 0 Å². The van der Waals surface area contributed by atoms with Gasteiger partial charge in [-0.1, -0.05) is 18.5 Å². The van der Waals surface area contributed by atoms with E-state index in [-0.39, 0.29) is 0 Å². The van der Waals surface area contributed by atoms with Gasteiger partial charge in [-0.2, -0.15) is 0 Å². The monoisotopic (exact) mass is 268 g/mol. The Morgan fingerprint density at radius 3 is 2.56 bits per heavy atom. The summed E-state index contributed by atoms with van der Waals surface area (Å²) in [5.74, 6) is 0.212. The maximum atomic E-state index is 10.8. The first-order valence-electron chi connectivity index (χ1n) is 5.65. The van der Waals surface area contributed by atoms with E-state index in [1.54, 1.807) is 12.1 Å². The summed E-state index contributed by atoms with van der Waals surface area (Å²) in [5, 5.41) is 9.30. The number of benzene rings is 1. The van der Waals surface area contributed by atoms with Gasteiger partial charge in [-0.05, 0) is 18.1 Å². The van der Waals surface area contributed by atoms with Gasteiger partial charge < -0.3 is 14.6 Å². The molecule has 0 amide bonds. The number of ether oxygens (including phenoxy) is 2. The van der Waals surface area contributed by atoms with E-state index in [0.717, 1.165) is 6.08 Å². The molecule has 5 heteroatoms. The molecule has 0 saturated heterocycles. The van der Waals surface area contributed by atoms with Crippen molar-refractivity contribution < 1.29 is 19.4 Å². The van der Waals surface area contributed by atoms with Gasteiger partial charge in [0, 0.05) is 17.7 Å². The molecule has 1 aliphatic heterocycles. The molecule has 18 heavy (non-hydrogen) atoms. The fraction of sp³-hybridized carbons (Fsp3) is 0.308. The molecule has 1 aromatic carbocycles. The molecular formula is C13H13ClO4. The second-order valence-corrected chi connectivity index (χ2v) is 4.24. The fourth-order valence-corrected chi connectivity index (χ4v) is 2.10. The highest BCUT2D eigenvalue weighted by Crippen LogP contribution is 2.38. The molecule has 0 spiro atoms. The third-order valence-electron chi connectivity index (χ3n) is 2.66. The minimum Gasteiger partial charge on any atom is -0.486 e. The van der Waals surface area contributed by atoms with Crippen LogP contribution in [0, 0.1) is 0 Å². The van der Waals surface area contributed by atoms with Crippen LogP contribution in [0.5, 0.6) is 11.5 Å². The number of carboxylic acids is 1. The number of rotatable bonds is 3. The first kappa shape index (κ1) is 12.8. The highest BCUT2D eigenvalue weighted by atomic mass is 35.5. The molecular weight excluding hydrogens is 256 g/mol. The molecule has 0 fully saturated rings. The highest BCUT2D eigenvalue weighted by molar-refractivity contribution is 6.32. The topological polar surface area (TPSA) is 55.8 Å². The number of fused-ring (bicyclic) bond motifs is 1. The molecule has 0 saturated carbocycles. The Morgan fingerprint density at radius 1 is 1.39 bits per heavy atom. The van der Waals surface area contributed by atoms with Crippen LogP contribution in [0.1, 0.15) is 18.9 Å². The summed E-state index contributed by atoms with van der Waals surface area (Å²) in [5.41, 5.74) is 1.33. The number of allylic oxidation sites excluding steroid dienone is 1. The van der Waals surface area contributed by atoms with E-state index >= 15 is 0 Å². The summed E-state index contributed by atoms with van der Waals surface area (Å²) in [4.78, 5) is 10.8. The summed E-state index contributed by atoms with van der Waals surface area (Å²) in [6.45, 7) is 2.86. The molecule has 1 N–H and O–H groups in total. The minimum absolute atomic E-state index is 0.466. The fourth-order valence-electron chi connectivity index (χ4n) is 1.83. The zero-order chi connectivity index (χ0) is 13.1. The maximum absolute atomic E-state index is 10.8. The van der Waals surface area contributed by atoms with Gasteiger partial charge in [-0.25, -0.2) is 4.79 Å². The lowest BCUT2D eigenvalue weighted by molar-refractivity contribution is -0.131. The quantitative estimate of drug-likeness (QED) is 0.856. The van der Waals surface area contributed by atoms with Crippen molar-refractivity contribution in [2.45, 2.75) is 13.3 Å². The molecule has 4 nitrogen and oxygen atoms in total. The Morgan fingerprint density at radius 2 is 2.00 bits per heavy atom. The van der Waals surface area contributed by atoms with E-state index in [9.17, 15) is 4.79 Å². The van der Waals surface area contributed by atoms with Gasteiger partial charge in [0.15, 0.2) is 11.5 Å². The van der Waals surface area contributed by atoms with Crippen molar-refractivity contribution >= 4 is 23.1 Å². The standard InChI is InChI=1S/C13H13ClO4/c1-2-8(5-13(15)16)9-6-11-12(7-10(9)14)18-4-3-17-11/h5-7H,2-4H2,1H3,(H,15,16)/b8-5+. The van der Waals surface area contributed by atoms with Gasteiger partial charge in [0.2, 0.25) is 0 Å². The van der Waals surface area contributed by atoms with Crippen LogP contribution in [0.25, 0.3) is 5.57 Å². The lowest BCUT2D eigenvalue weighted by Gasteiger charge is -2.20. The van der Waals surface area contributed by atoms with E-state index in [0.29, 0.717) is 47.3 Å². The summed E-state index contributed by atoms with van der Waals surface area (Å²) in [7, 11) is 0. The molecule has 0 bridgehead atoms. The Bertz CT molecular complexity index is 508. The van der Waals surface area contributed by atoms with Crippen LogP contribution in [0.4, 0.5) is 0 Å². The molecule has 96 valence electrons. The van der Waals surface area contributed by atoms with E-state index < -0.39 is 5.97 Å². The number of halogens is 1. The molecule has 0 unspecified atom stereocenters. The minimum atomic E-state index is -0.988. The largest absolute Gasteiger partial charge is 0.486 e. The Hall–Kier alpha value is -1.68. The zero-order valence-electron chi connectivity index (χ0n) is 9.90. The van der Waals surface area contributed by atoms with Gasteiger partial charge in [0.25, 0.3) is 0 Å². The van der Waals surface area contributed by atoms with Crippen molar-refractivity contribution in [1.82, 2.24) is 0 Å². The average molecular weight is 269 g/mol. The third kappa shape index (κ3) is 2.59. The first-order chi connectivity index (χ1) is 8.61. The molecule has 2 rings (SSSR count). The van der Waals surface area contributed by atoms with Crippen LogP contribution in [0.15, 0.2) is 18.2 Å². The molecule has 0 radical (unpaired) electrons. The SMILES string of the molecule is CC/C(=C\C(=O)O)c1cc2c(cc1Cl)OCCO2. The number of hydrogen-bond acceptors (Lipinski definition) is 3. The average Bonchev–Trinajstić information content (AvgIpc) is 2.35. The van der Waals surface area contributed by atoms with Crippen molar-refractivity contribution in [3.8, 4) is 11.5 Å². The second kappa shape index (κ2) is 5.31. The highest BCUT2D eigenvalue weighted by Gasteiger charge is 2.16. The number of aliphatic carboxylic acids is 1. The van der Waals surface area contributed by atoms with Gasteiger partial charge >= 0.3 is 5.97 Å². The van der Waals surface area contributed by atoms with Crippen LogP contribution in [-0.2, 0) is 4.79 Å². The van der Waals surface area contributed by atoms with Crippen LogP contribution >= 0.6 is 11.6 Å². The summed E-state index contributed by atoms with van der Waals surface area (Å²) in [6, 6.07) is 3.39. The second-order valence-electron chi connectivity index (χ2n) is 3.84. The lowest BCUT2D eigenvalue weighted by Crippen LogP contribution is -2.15. The van der Waals surface area contributed by atoms with Gasteiger partial charge in [0.1, 0.15) is 13.2 Å². The van der Waals surface area contributed by atoms with Gasteiger partial charge in [0.05, 0.1) is 5.02 Å². The van der Waals surface area contributed by atoms with Crippen molar-refractivity contribution in [3.63, 3.8) is 0 Å². The normalized spacial score (nSPS) is 14.4. The van der Waals surface area contributed by atoms with E-state index in [4.69, 9.17) is 26.2 Å². The third-order valence-corrected chi connectivity index (χ3v) is 2.97. The predicted molar refractivity (Wildman–Crippen MR) is 68.3 cm³/mol. The summed E-state index contributed by atoms with van der Waals surface area (Å²) < 4.78 is 10.9. The zero-order valence-corrected chi connectivity index (χ0v) is 10.7. The van der Waals surface area contributed by atoms with Gasteiger partial charge in [-0.3, -0.25) is 0 Å². The van der Waals surface area contributed by atoms with Crippen LogP contribution in [-0.4, -0.2) is 24.3 Å². The Labute approximate surface area is 110 Å². The van der Waals surface area contributed by atoms with Crippen molar-refractivity contribution in [2.24, 2.45) is 0 Å². The molecule has 1 aromatic rings. The van der Waals surface area contributed by atoms with E-state index in [1.807, 2.05) is 6.92 Å².